The topological polar surface area (TPSA) is 93.1 Å². The largest absolute Gasteiger partial charge is 0.449 e. The number of rotatable bonds is 11. The number of hydrogen-bond acceptors (Lipinski definition) is 5. The highest BCUT2D eigenvalue weighted by Crippen LogP contribution is 2.55. The molecule has 2 N–H and O–H groups in total. The van der Waals surface area contributed by atoms with Crippen LogP contribution in [0.5, 0.6) is 0 Å². The van der Waals surface area contributed by atoms with E-state index in [4.69, 9.17) is 0 Å². The quantitative estimate of drug-likeness (QED) is 0.255. The molecule has 1 aromatic heterocycles. The average Bonchev–Trinajstić information content (AvgIpc) is 2.91. The molecular formula is C32H41F3N4O3. The van der Waals surface area contributed by atoms with Crippen LogP contribution in [-0.4, -0.2) is 33.4 Å². The van der Waals surface area contributed by atoms with E-state index < -0.39 is 35.4 Å². The van der Waals surface area contributed by atoms with E-state index in [2.05, 4.69) is 10.3 Å². The molecule has 4 aliphatic carbocycles. The Balaban J connectivity index is 1.02. The second-order valence-electron chi connectivity index (χ2n) is 13.4. The first kappa shape index (κ1) is 29.3. The summed E-state index contributed by atoms with van der Waals surface area (Å²) in [5.74, 6) is -0.0295. The predicted molar refractivity (Wildman–Crippen MR) is 153 cm³/mol. The number of hydrogen-bond donors (Lipinski definition) is 2. The molecule has 2 heterocycles. The van der Waals surface area contributed by atoms with Crippen LogP contribution in [0.15, 0.2) is 23.0 Å². The zero-order valence-corrected chi connectivity index (χ0v) is 24.1. The number of nitrogens with zero attached hydrogens (tertiary/aromatic N) is 2. The van der Waals surface area contributed by atoms with Gasteiger partial charge in [-0.15, -0.1) is 0 Å². The van der Waals surface area contributed by atoms with Gasteiger partial charge in [0, 0.05) is 12.0 Å². The Kier molecular flexibility index (Phi) is 8.19. The Morgan fingerprint density at radius 1 is 0.929 bits per heavy atom. The number of benzene rings is 1. The van der Waals surface area contributed by atoms with Crippen LogP contribution >= 0.6 is 0 Å². The molecule has 1 aromatic carbocycles. The van der Waals surface area contributed by atoms with Crippen molar-refractivity contribution in [3.8, 4) is 0 Å². The molecule has 2 amide bonds. The molecule has 10 heteroatoms. The first-order chi connectivity index (χ1) is 20.1. The van der Waals surface area contributed by atoms with Crippen molar-refractivity contribution in [2.75, 3.05) is 6.54 Å². The number of fused-ring (bicyclic) bond motifs is 1. The van der Waals surface area contributed by atoms with Crippen molar-refractivity contribution >= 4 is 22.7 Å². The van der Waals surface area contributed by atoms with E-state index in [1.807, 2.05) is 5.32 Å². The Labute approximate surface area is 244 Å². The van der Waals surface area contributed by atoms with Crippen LogP contribution in [0.3, 0.4) is 0 Å². The lowest BCUT2D eigenvalue weighted by molar-refractivity contribution is -0.150. The summed E-state index contributed by atoms with van der Waals surface area (Å²) in [5.41, 5.74) is 0.142. The molecule has 5 fully saturated rings. The summed E-state index contributed by atoms with van der Waals surface area (Å²) in [5, 5.41) is 6.06. The molecule has 4 saturated carbocycles. The van der Waals surface area contributed by atoms with E-state index >= 15 is 0 Å². The van der Waals surface area contributed by atoms with Crippen LogP contribution in [-0.2, 0) is 22.2 Å². The number of imide groups is 1. The highest BCUT2D eigenvalue weighted by atomic mass is 19.4. The van der Waals surface area contributed by atoms with Gasteiger partial charge in [-0.05, 0) is 100 Å². The number of amides is 2. The van der Waals surface area contributed by atoms with Gasteiger partial charge in [0.2, 0.25) is 17.6 Å². The molecule has 0 radical (unpaired) electrons. The molecule has 5 aliphatic rings. The van der Waals surface area contributed by atoms with Gasteiger partial charge in [-0.1, -0.05) is 37.8 Å². The van der Waals surface area contributed by atoms with Gasteiger partial charge in [-0.25, -0.2) is 4.98 Å². The minimum atomic E-state index is -4.94. The number of halogens is 3. The Morgan fingerprint density at radius 3 is 2.21 bits per heavy atom. The Bertz CT molecular complexity index is 1370. The van der Waals surface area contributed by atoms with Crippen LogP contribution in [0, 0.1) is 17.8 Å². The Hall–Kier alpha value is -2.75. The van der Waals surface area contributed by atoms with Crippen molar-refractivity contribution in [1.82, 2.24) is 20.2 Å². The molecule has 0 spiro atoms. The third-order valence-electron chi connectivity index (χ3n) is 10.2. The van der Waals surface area contributed by atoms with E-state index in [1.165, 1.54) is 57.4 Å². The number of alkyl halides is 3. The fraction of sp³-hybridized carbons (Fsp3) is 0.688. The second-order valence-corrected chi connectivity index (χ2v) is 13.4. The molecule has 42 heavy (non-hydrogen) atoms. The average molecular weight is 587 g/mol. The third-order valence-corrected chi connectivity index (χ3v) is 10.2. The summed E-state index contributed by atoms with van der Waals surface area (Å²) in [6.45, 7) is 1.09. The molecule has 1 aliphatic heterocycles. The number of para-hydroxylation sites is 1. The summed E-state index contributed by atoms with van der Waals surface area (Å²) >= 11 is 0. The van der Waals surface area contributed by atoms with Crippen molar-refractivity contribution in [3.63, 3.8) is 0 Å². The SMILES string of the molecule is O=C1CCC(n2c(C(F)(F)F)nc3c(CCCCCCCCNC45CC6CC(CC(C6)C4)C5)cccc3c2=O)C(=O)N1. The van der Waals surface area contributed by atoms with E-state index in [-0.39, 0.29) is 23.7 Å². The van der Waals surface area contributed by atoms with Gasteiger partial charge in [0.1, 0.15) is 6.04 Å². The lowest BCUT2D eigenvalue weighted by Gasteiger charge is -2.57. The minimum Gasteiger partial charge on any atom is -0.311 e. The fourth-order valence-corrected chi connectivity index (χ4v) is 8.73. The van der Waals surface area contributed by atoms with Crippen molar-refractivity contribution < 1.29 is 22.8 Å². The number of piperidine rings is 1. The molecule has 7 rings (SSSR count). The van der Waals surface area contributed by atoms with Gasteiger partial charge in [-0.2, -0.15) is 13.2 Å². The Morgan fingerprint density at radius 2 is 1.57 bits per heavy atom. The van der Waals surface area contributed by atoms with Crippen LogP contribution < -0.4 is 16.2 Å². The van der Waals surface area contributed by atoms with Crippen molar-refractivity contribution in [3.05, 3.63) is 39.9 Å². The standard InChI is InChI=1S/C32H41F3N4O3/c33-32(34,35)30-38-27-23(9-7-10-24(27)29(42)39(30)25-11-12-26(40)37-28(25)41)8-5-3-1-2-4-6-13-36-31-17-20-14-21(18-31)16-22(15-20)19-31/h7,9-10,20-22,25,36H,1-6,8,11-19H2,(H,37,40,41). The normalized spacial score (nSPS) is 28.9. The molecule has 1 unspecified atom stereocenters. The first-order valence-electron chi connectivity index (χ1n) is 15.8. The fourth-order valence-electron chi connectivity index (χ4n) is 8.73. The van der Waals surface area contributed by atoms with Crippen LogP contribution in [0.2, 0.25) is 0 Å². The summed E-state index contributed by atoms with van der Waals surface area (Å²) in [6, 6.07) is 3.39. The maximum atomic E-state index is 14.1. The van der Waals surface area contributed by atoms with E-state index in [0.717, 1.165) is 50.0 Å². The van der Waals surface area contributed by atoms with Crippen LogP contribution in [0.25, 0.3) is 10.9 Å². The minimum absolute atomic E-state index is 0.0362. The van der Waals surface area contributed by atoms with E-state index in [9.17, 15) is 27.6 Å². The summed E-state index contributed by atoms with van der Waals surface area (Å²) in [4.78, 5) is 41.1. The van der Waals surface area contributed by atoms with Gasteiger partial charge in [-0.3, -0.25) is 24.3 Å². The smallest absolute Gasteiger partial charge is 0.311 e. The molecule has 7 nitrogen and oxygen atoms in total. The van der Waals surface area contributed by atoms with Crippen LogP contribution in [0.4, 0.5) is 13.2 Å². The van der Waals surface area contributed by atoms with Crippen molar-refractivity contribution in [2.45, 2.75) is 114 Å². The zero-order valence-electron chi connectivity index (χ0n) is 24.1. The molecule has 1 atom stereocenters. The summed E-state index contributed by atoms with van der Waals surface area (Å²) in [7, 11) is 0. The van der Waals surface area contributed by atoms with Gasteiger partial charge < -0.3 is 5.32 Å². The third kappa shape index (κ3) is 6.01. The molecule has 2 aromatic rings. The zero-order chi connectivity index (χ0) is 29.5. The van der Waals surface area contributed by atoms with Gasteiger partial charge in [0.05, 0.1) is 10.9 Å². The lowest BCUT2D eigenvalue weighted by Crippen LogP contribution is -2.58. The van der Waals surface area contributed by atoms with Gasteiger partial charge >= 0.3 is 6.18 Å². The van der Waals surface area contributed by atoms with Gasteiger partial charge in [0.15, 0.2) is 0 Å². The lowest BCUT2D eigenvalue weighted by atomic mass is 9.53. The summed E-state index contributed by atoms with van der Waals surface area (Å²) < 4.78 is 42.7. The highest BCUT2D eigenvalue weighted by Gasteiger charge is 2.50. The second kappa shape index (κ2) is 11.7. The van der Waals surface area contributed by atoms with E-state index in [0.29, 0.717) is 22.1 Å². The molecule has 4 bridgehead atoms. The van der Waals surface area contributed by atoms with Crippen molar-refractivity contribution in [2.24, 2.45) is 17.8 Å². The van der Waals surface area contributed by atoms with Gasteiger partial charge in [0.25, 0.3) is 5.56 Å². The van der Waals surface area contributed by atoms with Crippen molar-refractivity contribution in [1.29, 1.82) is 0 Å². The maximum absolute atomic E-state index is 14.1. The number of aromatic nitrogens is 2. The predicted octanol–water partition coefficient (Wildman–Crippen LogP) is 5.83. The number of nitrogens with one attached hydrogen (secondary N) is 2. The van der Waals surface area contributed by atoms with Crippen LogP contribution in [0.1, 0.15) is 107 Å². The summed E-state index contributed by atoms with van der Waals surface area (Å²) in [6.07, 6.45) is 10.0. The number of unbranched alkanes of at least 4 members (excludes halogenated alkanes) is 5. The first-order valence-corrected chi connectivity index (χ1v) is 15.8. The monoisotopic (exact) mass is 586 g/mol. The maximum Gasteiger partial charge on any atom is 0.449 e. The molecule has 1 saturated heterocycles. The number of carbonyl (C=O) groups is 2. The number of carbonyl (C=O) groups excluding carboxylic acids is 2. The number of aryl methyl sites for hydroxylation is 1. The highest BCUT2D eigenvalue weighted by molar-refractivity contribution is 5.99. The van der Waals surface area contributed by atoms with E-state index in [1.54, 1.807) is 12.1 Å². The molecular weight excluding hydrogens is 545 g/mol. The molecule has 228 valence electrons.